The summed E-state index contributed by atoms with van der Waals surface area (Å²) in [4.78, 5) is 24.1. The number of aryl methyl sites for hydroxylation is 1. The van der Waals surface area contributed by atoms with Crippen molar-refractivity contribution in [2.45, 2.75) is 38.8 Å². The number of rotatable bonds is 7. The first-order valence-electron chi connectivity index (χ1n) is 8.16. The summed E-state index contributed by atoms with van der Waals surface area (Å²) in [5.74, 6) is 1.31. The van der Waals surface area contributed by atoms with Crippen molar-refractivity contribution >= 4 is 17.2 Å². The fraction of sp³-hybridized carbons (Fsp3) is 0.444. The van der Waals surface area contributed by atoms with E-state index in [9.17, 15) is 9.59 Å². The molecule has 1 heterocycles. The third kappa shape index (κ3) is 3.87. The third-order valence-electron chi connectivity index (χ3n) is 4.42. The van der Waals surface area contributed by atoms with E-state index in [1.165, 1.54) is 11.3 Å². The first-order valence-corrected chi connectivity index (χ1v) is 9.04. The Bertz CT molecular complexity index is 759. The van der Waals surface area contributed by atoms with Gasteiger partial charge in [-0.15, -0.1) is 0 Å². The molecule has 0 aliphatic heterocycles. The number of nitrogens with zero attached hydrogens (tertiary/aromatic N) is 1. The lowest BCUT2D eigenvalue weighted by atomic mass is 10.0. The molecule has 6 heteroatoms. The van der Waals surface area contributed by atoms with Crippen molar-refractivity contribution in [2.75, 3.05) is 7.11 Å². The molecule has 2 aromatic rings. The Morgan fingerprint density at radius 3 is 2.62 bits per heavy atom. The van der Waals surface area contributed by atoms with E-state index in [2.05, 4.69) is 5.32 Å². The molecule has 1 saturated carbocycles. The van der Waals surface area contributed by atoms with Gasteiger partial charge in [0.25, 0.3) is 0 Å². The Morgan fingerprint density at radius 1 is 1.38 bits per heavy atom. The van der Waals surface area contributed by atoms with Crippen LogP contribution in [0.5, 0.6) is 5.75 Å². The van der Waals surface area contributed by atoms with Crippen molar-refractivity contribution < 1.29 is 9.53 Å². The minimum atomic E-state index is -0.0137. The molecule has 1 aliphatic carbocycles. The lowest BCUT2D eigenvalue weighted by molar-refractivity contribution is -0.122. The summed E-state index contributed by atoms with van der Waals surface area (Å²) in [7, 11) is 1.64. The molecule has 1 N–H and O–H groups in total. The van der Waals surface area contributed by atoms with Gasteiger partial charge < -0.3 is 14.6 Å². The Kier molecular flexibility index (Phi) is 5.04. The van der Waals surface area contributed by atoms with Gasteiger partial charge in [0.05, 0.1) is 13.2 Å². The van der Waals surface area contributed by atoms with Crippen molar-refractivity contribution in [2.24, 2.45) is 5.92 Å². The number of methoxy groups -OCH3 is 1. The Labute approximate surface area is 145 Å². The number of hydrogen-bond donors (Lipinski definition) is 1. The highest BCUT2D eigenvalue weighted by atomic mass is 32.1. The molecular weight excluding hydrogens is 324 g/mol. The second kappa shape index (κ2) is 7.21. The van der Waals surface area contributed by atoms with E-state index in [0.29, 0.717) is 18.9 Å². The van der Waals surface area contributed by atoms with Crippen molar-refractivity contribution in [3.8, 4) is 5.75 Å². The van der Waals surface area contributed by atoms with E-state index >= 15 is 0 Å². The summed E-state index contributed by atoms with van der Waals surface area (Å²) in [5, 5.41) is 4.97. The van der Waals surface area contributed by atoms with Crippen LogP contribution in [0.2, 0.25) is 0 Å². The SMILES string of the molecule is COc1ccc(C(NC(=O)CCn2c(C)csc2=O)C2CC2)cc1. The molecule has 24 heavy (non-hydrogen) atoms. The van der Waals surface area contributed by atoms with Crippen LogP contribution >= 0.6 is 11.3 Å². The molecule has 1 aromatic heterocycles. The van der Waals surface area contributed by atoms with Gasteiger partial charge >= 0.3 is 4.87 Å². The number of carbonyl (C=O) groups excluding carboxylic acids is 1. The summed E-state index contributed by atoms with van der Waals surface area (Å²) in [6.45, 7) is 2.32. The van der Waals surface area contributed by atoms with Crippen LogP contribution in [-0.4, -0.2) is 17.6 Å². The van der Waals surface area contributed by atoms with Crippen LogP contribution in [0.3, 0.4) is 0 Å². The number of aromatic nitrogens is 1. The van der Waals surface area contributed by atoms with Crippen LogP contribution in [0.1, 0.15) is 36.6 Å². The lowest BCUT2D eigenvalue weighted by Crippen LogP contribution is -2.31. The molecular formula is C18H22N2O3S. The predicted molar refractivity (Wildman–Crippen MR) is 94.5 cm³/mol. The van der Waals surface area contributed by atoms with Crippen molar-refractivity contribution in [1.29, 1.82) is 0 Å². The number of nitrogens with one attached hydrogen (secondary N) is 1. The first-order chi connectivity index (χ1) is 11.6. The zero-order valence-electron chi connectivity index (χ0n) is 14.0. The fourth-order valence-corrected chi connectivity index (χ4v) is 3.61. The van der Waals surface area contributed by atoms with Crippen LogP contribution < -0.4 is 14.9 Å². The second-order valence-electron chi connectivity index (χ2n) is 6.20. The number of benzene rings is 1. The summed E-state index contributed by atoms with van der Waals surface area (Å²) in [5.41, 5.74) is 2.02. The van der Waals surface area contributed by atoms with Crippen LogP contribution in [-0.2, 0) is 11.3 Å². The maximum Gasteiger partial charge on any atom is 0.307 e. The quantitative estimate of drug-likeness (QED) is 0.838. The average molecular weight is 346 g/mol. The highest BCUT2D eigenvalue weighted by Gasteiger charge is 2.33. The Morgan fingerprint density at radius 2 is 2.08 bits per heavy atom. The first kappa shape index (κ1) is 16.8. The minimum Gasteiger partial charge on any atom is -0.497 e. The standard InChI is InChI=1S/C18H22N2O3S/c1-12-11-24-18(22)20(12)10-9-16(21)19-17(13-3-4-13)14-5-7-15(23-2)8-6-14/h5-8,11,13,17H,3-4,9-10H2,1-2H3,(H,19,21). The van der Waals surface area contributed by atoms with Gasteiger partial charge in [0.2, 0.25) is 5.91 Å². The molecule has 0 bridgehead atoms. The van der Waals surface area contributed by atoms with Crippen LogP contribution in [0, 0.1) is 12.8 Å². The molecule has 1 atom stereocenters. The molecule has 1 aliphatic rings. The number of carbonyl (C=O) groups is 1. The molecule has 1 aromatic carbocycles. The fourth-order valence-electron chi connectivity index (χ4n) is 2.85. The summed E-state index contributed by atoms with van der Waals surface area (Å²) in [6, 6.07) is 7.91. The average Bonchev–Trinajstić information content (AvgIpc) is 3.38. The second-order valence-corrected chi connectivity index (χ2v) is 7.02. The molecule has 0 saturated heterocycles. The number of amides is 1. The molecule has 128 valence electrons. The number of ether oxygens (including phenoxy) is 1. The van der Waals surface area contributed by atoms with Gasteiger partial charge in [-0.05, 0) is 43.4 Å². The van der Waals surface area contributed by atoms with Gasteiger partial charge in [-0.25, -0.2) is 0 Å². The van der Waals surface area contributed by atoms with E-state index in [-0.39, 0.29) is 16.8 Å². The van der Waals surface area contributed by atoms with Gasteiger partial charge in [-0.1, -0.05) is 23.5 Å². The third-order valence-corrected chi connectivity index (χ3v) is 5.30. The van der Waals surface area contributed by atoms with Crippen molar-refractivity contribution in [3.63, 3.8) is 0 Å². The van der Waals surface area contributed by atoms with Crippen molar-refractivity contribution in [3.05, 3.63) is 50.6 Å². The largest absolute Gasteiger partial charge is 0.497 e. The molecule has 1 fully saturated rings. The van der Waals surface area contributed by atoms with Gasteiger partial charge in [0, 0.05) is 24.0 Å². The lowest BCUT2D eigenvalue weighted by Gasteiger charge is -2.19. The van der Waals surface area contributed by atoms with Crippen LogP contribution in [0.4, 0.5) is 0 Å². The zero-order valence-corrected chi connectivity index (χ0v) is 14.8. The minimum absolute atomic E-state index is 0.00537. The van der Waals surface area contributed by atoms with E-state index in [1.807, 2.05) is 36.6 Å². The van der Waals surface area contributed by atoms with E-state index in [1.54, 1.807) is 11.7 Å². The smallest absolute Gasteiger partial charge is 0.307 e. The van der Waals surface area contributed by atoms with Crippen LogP contribution in [0.15, 0.2) is 34.4 Å². The van der Waals surface area contributed by atoms with E-state index < -0.39 is 0 Å². The maximum atomic E-state index is 12.4. The summed E-state index contributed by atoms with van der Waals surface area (Å²) >= 11 is 1.18. The highest BCUT2D eigenvalue weighted by molar-refractivity contribution is 7.07. The van der Waals surface area contributed by atoms with Gasteiger partial charge in [0.15, 0.2) is 0 Å². The molecule has 1 unspecified atom stereocenters. The van der Waals surface area contributed by atoms with Gasteiger partial charge in [-0.3, -0.25) is 9.59 Å². The van der Waals surface area contributed by atoms with E-state index in [0.717, 1.165) is 29.8 Å². The molecule has 0 spiro atoms. The Balaban J connectivity index is 1.63. The van der Waals surface area contributed by atoms with Crippen molar-refractivity contribution in [1.82, 2.24) is 9.88 Å². The van der Waals surface area contributed by atoms with Gasteiger partial charge in [-0.2, -0.15) is 0 Å². The summed E-state index contributed by atoms with van der Waals surface area (Å²) < 4.78 is 6.85. The molecule has 1 amide bonds. The number of hydrogen-bond acceptors (Lipinski definition) is 4. The van der Waals surface area contributed by atoms with Gasteiger partial charge in [0.1, 0.15) is 5.75 Å². The maximum absolute atomic E-state index is 12.4. The van der Waals surface area contributed by atoms with Crippen LogP contribution in [0.25, 0.3) is 0 Å². The molecule has 3 rings (SSSR count). The molecule has 0 radical (unpaired) electrons. The summed E-state index contributed by atoms with van der Waals surface area (Å²) in [6.07, 6.45) is 2.59. The zero-order chi connectivity index (χ0) is 17.1. The highest BCUT2D eigenvalue weighted by Crippen LogP contribution is 2.41. The van der Waals surface area contributed by atoms with E-state index in [4.69, 9.17) is 4.74 Å². The topological polar surface area (TPSA) is 60.3 Å². The Hall–Kier alpha value is -2.08. The normalized spacial score (nSPS) is 15.1. The molecule has 5 nitrogen and oxygen atoms in total. The monoisotopic (exact) mass is 346 g/mol. The predicted octanol–water partition coefficient (Wildman–Crippen LogP) is 2.88. The number of thiazole rings is 1.